The van der Waals surface area contributed by atoms with E-state index in [-0.39, 0.29) is 51.0 Å². The van der Waals surface area contributed by atoms with Crippen LogP contribution in [0, 0.1) is 0 Å². The van der Waals surface area contributed by atoms with Crippen LogP contribution in [-0.4, -0.2) is 92.0 Å². The van der Waals surface area contributed by atoms with Gasteiger partial charge in [-0.2, -0.15) is 0 Å². The van der Waals surface area contributed by atoms with E-state index >= 15 is 0 Å². The van der Waals surface area contributed by atoms with E-state index in [2.05, 4.69) is 18.9 Å². The Kier molecular flexibility index (Phi) is 24.8. The molecule has 0 saturated heterocycles. The number of ether oxygens (including phenoxy) is 4. The molecule has 0 amide bonds. The Morgan fingerprint density at radius 2 is 0.933 bits per heavy atom. The molecule has 0 radical (unpaired) electrons. The Bertz CT molecular complexity index is 74.1. The van der Waals surface area contributed by atoms with Crippen LogP contribution < -0.4 is 10.2 Å². The second kappa shape index (κ2) is 17.4. The summed E-state index contributed by atoms with van der Waals surface area (Å²) in [5, 5.41) is 19.7. The van der Waals surface area contributed by atoms with Crippen molar-refractivity contribution in [1.82, 2.24) is 0 Å². The molecule has 88 valence electrons. The number of methoxy groups -OCH3 is 4. The molecular formula is C8H18CaO6. The minimum Gasteiger partial charge on any atom is -0.851 e. The molecule has 0 fully saturated rings. The predicted octanol–water partition coefficient (Wildman–Crippen LogP) is -2.45. The van der Waals surface area contributed by atoms with E-state index in [9.17, 15) is 10.2 Å². The van der Waals surface area contributed by atoms with E-state index in [0.29, 0.717) is 0 Å². The summed E-state index contributed by atoms with van der Waals surface area (Å²) in [4.78, 5) is 0. The van der Waals surface area contributed by atoms with Crippen molar-refractivity contribution in [2.75, 3.05) is 41.7 Å². The van der Waals surface area contributed by atoms with Gasteiger partial charge in [0, 0.05) is 28.4 Å². The fourth-order valence-electron chi connectivity index (χ4n) is 0.465. The van der Waals surface area contributed by atoms with Gasteiger partial charge in [0.15, 0.2) is 0 Å². The van der Waals surface area contributed by atoms with Crippen molar-refractivity contribution < 1.29 is 29.2 Å². The summed E-state index contributed by atoms with van der Waals surface area (Å²) in [6, 6.07) is 0. The Labute approximate surface area is 120 Å². The van der Waals surface area contributed by atoms with Crippen LogP contribution in [0.4, 0.5) is 0 Å². The number of hydrogen-bond acceptors (Lipinski definition) is 6. The molecule has 0 aliphatic heterocycles. The van der Waals surface area contributed by atoms with Gasteiger partial charge in [-0.15, -0.1) is 0 Å². The first-order chi connectivity index (χ1) is 6.69. The Balaban J connectivity index is -0.000000180. The second-order valence-electron chi connectivity index (χ2n) is 2.14. The molecule has 0 aromatic carbocycles. The Morgan fingerprint density at radius 3 is 0.933 bits per heavy atom. The molecule has 0 aliphatic rings. The van der Waals surface area contributed by atoms with Gasteiger partial charge >= 0.3 is 37.7 Å². The van der Waals surface area contributed by atoms with Gasteiger partial charge in [0.05, 0.1) is 0 Å². The molecule has 0 saturated carbocycles. The van der Waals surface area contributed by atoms with Gasteiger partial charge in [-0.05, 0) is 0 Å². The smallest absolute Gasteiger partial charge is 0.851 e. The molecule has 0 atom stereocenters. The van der Waals surface area contributed by atoms with Gasteiger partial charge in [-0.1, -0.05) is 13.2 Å². The van der Waals surface area contributed by atoms with Crippen molar-refractivity contribution in [1.29, 1.82) is 0 Å². The monoisotopic (exact) mass is 250 g/mol. The molecule has 0 bridgehead atoms. The van der Waals surface area contributed by atoms with Crippen LogP contribution in [0.15, 0.2) is 0 Å². The van der Waals surface area contributed by atoms with Gasteiger partial charge < -0.3 is 29.2 Å². The summed E-state index contributed by atoms with van der Waals surface area (Å²) < 4.78 is 18.1. The standard InChI is InChI=1S/2C4H9O3.Ca/c2*1-6-4(3-5)7-2;/h2*4H,3H2,1-2H3;/q2*-1;+2. The van der Waals surface area contributed by atoms with Crippen LogP contribution in [0.3, 0.4) is 0 Å². The normalized spacial score (nSPS) is 9.60. The Hall–Kier alpha value is 1.02. The molecule has 7 heteroatoms. The Morgan fingerprint density at radius 1 is 0.733 bits per heavy atom. The second-order valence-corrected chi connectivity index (χ2v) is 2.14. The van der Waals surface area contributed by atoms with Crippen molar-refractivity contribution in [2.24, 2.45) is 0 Å². The zero-order valence-electron chi connectivity index (χ0n) is 9.73. The van der Waals surface area contributed by atoms with Crippen LogP contribution in [0.5, 0.6) is 0 Å². The summed E-state index contributed by atoms with van der Waals surface area (Å²) in [6.07, 6.45) is -1.14. The summed E-state index contributed by atoms with van der Waals surface area (Å²) in [7, 11) is 5.75. The quantitative estimate of drug-likeness (QED) is 0.384. The zero-order chi connectivity index (χ0) is 11.4. The SMILES string of the molecule is COC(C[O-])OC.COC(C[O-])OC.[Ca+2]. The molecule has 15 heavy (non-hydrogen) atoms. The van der Waals surface area contributed by atoms with Crippen molar-refractivity contribution >= 4 is 37.7 Å². The molecule has 0 heterocycles. The van der Waals surface area contributed by atoms with E-state index in [1.807, 2.05) is 0 Å². The maximum Gasteiger partial charge on any atom is 2.00 e. The first-order valence-corrected chi connectivity index (χ1v) is 3.97. The average molecular weight is 250 g/mol. The van der Waals surface area contributed by atoms with Gasteiger partial charge in [-0.25, -0.2) is 0 Å². The van der Waals surface area contributed by atoms with Crippen LogP contribution >= 0.6 is 0 Å². The topological polar surface area (TPSA) is 83.0 Å². The van der Waals surface area contributed by atoms with Crippen molar-refractivity contribution in [3.63, 3.8) is 0 Å². The maximum atomic E-state index is 9.84. The van der Waals surface area contributed by atoms with Crippen LogP contribution in [-0.2, 0) is 18.9 Å². The van der Waals surface area contributed by atoms with Crippen molar-refractivity contribution in [3.8, 4) is 0 Å². The summed E-state index contributed by atoms with van der Waals surface area (Å²) in [5.74, 6) is 0. The first kappa shape index (κ1) is 21.3. The molecule has 0 aromatic rings. The molecule has 0 spiro atoms. The summed E-state index contributed by atoms with van der Waals surface area (Å²) >= 11 is 0. The van der Waals surface area contributed by atoms with Crippen molar-refractivity contribution in [3.05, 3.63) is 0 Å². The summed E-state index contributed by atoms with van der Waals surface area (Å²) in [5.41, 5.74) is 0. The first-order valence-electron chi connectivity index (χ1n) is 3.97. The van der Waals surface area contributed by atoms with Crippen LogP contribution in [0.25, 0.3) is 0 Å². The van der Waals surface area contributed by atoms with E-state index in [1.54, 1.807) is 0 Å². The third-order valence-electron chi connectivity index (χ3n) is 1.32. The number of rotatable bonds is 6. The predicted molar refractivity (Wildman–Crippen MR) is 51.1 cm³/mol. The van der Waals surface area contributed by atoms with E-state index in [0.717, 1.165) is 0 Å². The average Bonchev–Trinajstić information content (AvgIpc) is 2.24. The molecule has 0 unspecified atom stereocenters. The van der Waals surface area contributed by atoms with E-state index in [4.69, 9.17) is 0 Å². The zero-order valence-corrected chi connectivity index (χ0v) is 11.9. The fraction of sp³-hybridized carbons (Fsp3) is 1.00. The molecule has 0 N–H and O–H groups in total. The largest absolute Gasteiger partial charge is 2.00 e. The van der Waals surface area contributed by atoms with Gasteiger partial charge in [0.2, 0.25) is 0 Å². The molecule has 0 aromatic heterocycles. The third kappa shape index (κ3) is 15.0. The van der Waals surface area contributed by atoms with Crippen molar-refractivity contribution in [2.45, 2.75) is 12.6 Å². The van der Waals surface area contributed by atoms with Crippen LogP contribution in [0.1, 0.15) is 0 Å². The molecule has 6 nitrogen and oxygen atoms in total. The van der Waals surface area contributed by atoms with Gasteiger partial charge in [0.1, 0.15) is 12.6 Å². The minimum atomic E-state index is -0.569. The van der Waals surface area contributed by atoms with E-state index in [1.165, 1.54) is 28.4 Å². The van der Waals surface area contributed by atoms with Gasteiger partial charge in [0.25, 0.3) is 0 Å². The van der Waals surface area contributed by atoms with E-state index < -0.39 is 12.6 Å². The van der Waals surface area contributed by atoms with Crippen LogP contribution in [0.2, 0.25) is 0 Å². The number of hydrogen-bond donors (Lipinski definition) is 0. The summed E-state index contributed by atoms with van der Waals surface area (Å²) in [6.45, 7) is -0.681. The molecule has 0 rings (SSSR count). The fourth-order valence-corrected chi connectivity index (χ4v) is 0.465. The molecular weight excluding hydrogens is 232 g/mol. The maximum absolute atomic E-state index is 9.84. The van der Waals surface area contributed by atoms with Gasteiger partial charge in [-0.3, -0.25) is 0 Å². The minimum absolute atomic E-state index is 0. The third-order valence-corrected chi connectivity index (χ3v) is 1.32. The molecule has 0 aliphatic carbocycles.